The average molecular weight is 398 g/mol. The molecular formula is C22H23NO2S2. The Hall–Kier alpha value is -2.21. The summed E-state index contributed by atoms with van der Waals surface area (Å²) in [5, 5.41) is 2.82. The highest BCUT2D eigenvalue weighted by molar-refractivity contribution is 8.76. The van der Waals surface area contributed by atoms with Crippen molar-refractivity contribution < 1.29 is 9.53 Å². The summed E-state index contributed by atoms with van der Waals surface area (Å²) in [5.41, 5.74) is 0.574. The maximum Gasteiger partial charge on any atom is 0.339 e. The van der Waals surface area contributed by atoms with E-state index in [1.807, 2.05) is 18.2 Å². The molecule has 0 radical (unpaired) electrons. The average Bonchev–Trinajstić information content (AvgIpc) is 2.74. The van der Waals surface area contributed by atoms with Gasteiger partial charge in [0.25, 0.3) is 0 Å². The van der Waals surface area contributed by atoms with Crippen molar-refractivity contribution in [3.05, 3.63) is 96.6 Å². The fourth-order valence-electron chi connectivity index (χ4n) is 1.91. The zero-order valence-corrected chi connectivity index (χ0v) is 17.0. The first-order valence-electron chi connectivity index (χ1n) is 8.57. The lowest BCUT2D eigenvalue weighted by Crippen LogP contribution is -2.27. The Morgan fingerprint density at radius 2 is 1.19 bits per heavy atom. The molecule has 3 aromatic rings. The number of rotatable bonds is 6. The quantitative estimate of drug-likeness (QED) is 0.319. The van der Waals surface area contributed by atoms with Crippen LogP contribution in [0.4, 0.5) is 0 Å². The molecule has 0 aliphatic carbocycles. The summed E-state index contributed by atoms with van der Waals surface area (Å²) in [5.74, 6) is -0.303. The molecule has 140 valence electrons. The molecule has 0 aliphatic heterocycles. The van der Waals surface area contributed by atoms with E-state index in [0.29, 0.717) is 5.56 Å². The maximum absolute atomic E-state index is 11.4. The molecule has 0 amide bonds. The molecule has 0 saturated carbocycles. The molecule has 0 fully saturated rings. The van der Waals surface area contributed by atoms with Crippen LogP contribution in [0.15, 0.2) is 101 Å². The predicted molar refractivity (Wildman–Crippen MR) is 115 cm³/mol. The number of benzene rings is 3. The monoisotopic (exact) mass is 397 g/mol. The Morgan fingerprint density at radius 1 is 0.778 bits per heavy atom. The second kappa shape index (κ2) is 12.2. The van der Waals surface area contributed by atoms with Crippen molar-refractivity contribution in [2.75, 3.05) is 7.05 Å². The molecule has 1 N–H and O–H groups in total. The molecule has 27 heavy (non-hydrogen) atoms. The summed E-state index contributed by atoms with van der Waals surface area (Å²) in [7, 11) is 5.32. The van der Waals surface area contributed by atoms with E-state index in [0.717, 1.165) is 0 Å². The van der Waals surface area contributed by atoms with Crippen LogP contribution in [0.1, 0.15) is 17.3 Å². The van der Waals surface area contributed by atoms with Gasteiger partial charge in [0.05, 0.1) is 5.56 Å². The van der Waals surface area contributed by atoms with E-state index in [1.165, 1.54) is 9.79 Å². The van der Waals surface area contributed by atoms with E-state index in [1.54, 1.807) is 59.8 Å². The standard InChI is InChI=1S/C12H10S2.C10H13NO2/c1-3-7-11(8-4-1)13-14-12-9-5-2-6-10-12;1-8(11-2)13-10(12)9-6-4-3-5-7-9/h1-10H;3-8,11H,1-2H3. The summed E-state index contributed by atoms with van der Waals surface area (Å²) < 4.78 is 5.04. The zero-order valence-electron chi connectivity index (χ0n) is 15.4. The van der Waals surface area contributed by atoms with Crippen molar-refractivity contribution in [2.24, 2.45) is 0 Å². The van der Waals surface area contributed by atoms with Crippen LogP contribution in [0.2, 0.25) is 0 Å². The van der Waals surface area contributed by atoms with Gasteiger partial charge in [0.1, 0.15) is 0 Å². The van der Waals surface area contributed by atoms with Gasteiger partial charge in [-0.15, -0.1) is 0 Å². The Morgan fingerprint density at radius 3 is 1.59 bits per heavy atom. The van der Waals surface area contributed by atoms with Crippen LogP contribution in [0.3, 0.4) is 0 Å². The van der Waals surface area contributed by atoms with Crippen LogP contribution in [-0.2, 0) is 4.74 Å². The molecule has 3 aromatic carbocycles. The second-order valence-corrected chi connectivity index (χ2v) is 7.77. The molecule has 1 atom stereocenters. The highest BCUT2D eigenvalue weighted by atomic mass is 33.1. The number of ether oxygens (including phenoxy) is 1. The van der Waals surface area contributed by atoms with Crippen molar-refractivity contribution in [1.29, 1.82) is 0 Å². The Labute approximate surface area is 168 Å². The Bertz CT molecular complexity index is 744. The molecule has 0 saturated heterocycles. The summed E-state index contributed by atoms with van der Waals surface area (Å²) >= 11 is 0. The number of hydrogen-bond donors (Lipinski definition) is 1. The maximum atomic E-state index is 11.4. The number of carbonyl (C=O) groups is 1. The molecule has 0 bridgehead atoms. The molecule has 0 spiro atoms. The van der Waals surface area contributed by atoms with Crippen molar-refractivity contribution in [3.63, 3.8) is 0 Å². The number of carbonyl (C=O) groups excluding carboxylic acids is 1. The summed E-state index contributed by atoms with van der Waals surface area (Å²) in [6.07, 6.45) is -0.257. The van der Waals surface area contributed by atoms with Crippen LogP contribution in [-0.4, -0.2) is 19.2 Å². The van der Waals surface area contributed by atoms with Gasteiger partial charge in [-0.2, -0.15) is 0 Å². The number of hydrogen-bond acceptors (Lipinski definition) is 5. The second-order valence-electron chi connectivity index (χ2n) is 5.50. The SMILES string of the molecule is CNC(C)OC(=O)c1ccccc1.c1ccc(SSc2ccccc2)cc1. The molecule has 1 unspecified atom stereocenters. The third-order valence-electron chi connectivity index (χ3n) is 3.42. The van der Waals surface area contributed by atoms with Gasteiger partial charge in [-0.1, -0.05) is 76.2 Å². The fraction of sp³-hybridized carbons (Fsp3) is 0.136. The fourth-order valence-corrected chi connectivity index (χ4v) is 3.88. The highest BCUT2D eigenvalue weighted by Gasteiger charge is 2.08. The molecule has 3 rings (SSSR count). The molecule has 0 heterocycles. The lowest BCUT2D eigenvalue weighted by atomic mass is 10.2. The van der Waals surface area contributed by atoms with Gasteiger partial charge < -0.3 is 4.74 Å². The van der Waals surface area contributed by atoms with Crippen LogP contribution < -0.4 is 5.32 Å². The first-order valence-corrected chi connectivity index (χ1v) is 10.7. The zero-order chi connectivity index (χ0) is 19.3. The van der Waals surface area contributed by atoms with Gasteiger partial charge in [0.2, 0.25) is 0 Å². The van der Waals surface area contributed by atoms with Gasteiger partial charge in [-0.25, -0.2) is 4.79 Å². The lowest BCUT2D eigenvalue weighted by Gasteiger charge is -2.11. The van der Waals surface area contributed by atoms with Gasteiger partial charge in [0.15, 0.2) is 6.23 Å². The van der Waals surface area contributed by atoms with Crippen molar-refractivity contribution in [3.8, 4) is 0 Å². The summed E-state index contributed by atoms with van der Waals surface area (Å²) in [6.45, 7) is 1.78. The minimum atomic E-state index is -0.303. The van der Waals surface area contributed by atoms with E-state index in [9.17, 15) is 4.79 Å². The topological polar surface area (TPSA) is 38.3 Å². The number of nitrogens with one attached hydrogen (secondary N) is 1. The van der Waals surface area contributed by atoms with E-state index in [2.05, 4.69) is 53.8 Å². The normalized spacial score (nSPS) is 11.0. The predicted octanol–water partition coefficient (Wildman–Crippen LogP) is 5.89. The van der Waals surface area contributed by atoms with Crippen LogP contribution in [0, 0.1) is 0 Å². The third kappa shape index (κ3) is 8.35. The van der Waals surface area contributed by atoms with E-state index >= 15 is 0 Å². The summed E-state index contributed by atoms with van der Waals surface area (Å²) in [4.78, 5) is 13.9. The molecular weight excluding hydrogens is 374 g/mol. The largest absolute Gasteiger partial charge is 0.443 e. The van der Waals surface area contributed by atoms with Gasteiger partial charge in [0, 0.05) is 9.79 Å². The van der Waals surface area contributed by atoms with Crippen molar-refractivity contribution in [1.82, 2.24) is 5.32 Å². The van der Waals surface area contributed by atoms with E-state index in [4.69, 9.17) is 4.74 Å². The van der Waals surface area contributed by atoms with Gasteiger partial charge >= 0.3 is 5.97 Å². The van der Waals surface area contributed by atoms with Gasteiger partial charge in [-0.3, -0.25) is 5.32 Å². The minimum absolute atomic E-state index is 0.257. The highest BCUT2D eigenvalue weighted by Crippen LogP contribution is 2.36. The number of esters is 1. The first kappa shape index (κ1) is 21.1. The lowest BCUT2D eigenvalue weighted by molar-refractivity contribution is 0.0285. The molecule has 0 aromatic heterocycles. The van der Waals surface area contributed by atoms with Crippen LogP contribution in [0.5, 0.6) is 0 Å². The molecule has 3 nitrogen and oxygen atoms in total. The van der Waals surface area contributed by atoms with E-state index < -0.39 is 0 Å². The molecule has 0 aliphatic rings. The molecule has 5 heteroatoms. The van der Waals surface area contributed by atoms with Gasteiger partial charge in [-0.05, 0) is 50.4 Å². The van der Waals surface area contributed by atoms with E-state index in [-0.39, 0.29) is 12.2 Å². The van der Waals surface area contributed by atoms with Crippen molar-refractivity contribution >= 4 is 27.6 Å². The minimum Gasteiger partial charge on any atom is -0.443 e. The third-order valence-corrected chi connectivity index (χ3v) is 5.84. The first-order chi connectivity index (χ1) is 13.2. The van der Waals surface area contributed by atoms with Crippen LogP contribution in [0.25, 0.3) is 0 Å². The van der Waals surface area contributed by atoms with Crippen molar-refractivity contribution in [2.45, 2.75) is 22.9 Å². The Kier molecular flexibility index (Phi) is 9.55. The Balaban J connectivity index is 0.000000194. The van der Waals surface area contributed by atoms with Crippen LogP contribution >= 0.6 is 21.6 Å². The smallest absolute Gasteiger partial charge is 0.339 e. The summed E-state index contributed by atoms with van der Waals surface area (Å²) in [6, 6.07) is 29.8.